The van der Waals surface area contributed by atoms with Gasteiger partial charge in [0.05, 0.1) is 19.5 Å². The van der Waals surface area contributed by atoms with E-state index in [9.17, 15) is 49.2 Å². The molecule has 220 valence electrons. The maximum absolute atomic E-state index is 12.1. The highest BCUT2D eigenvalue weighted by atomic mass is 31.3. The number of nitrogens with two attached hydrogens (primary N) is 1. The molecule has 11 atom stereocenters. The van der Waals surface area contributed by atoms with Gasteiger partial charge in [0, 0.05) is 0 Å². The fraction of sp³-hybridized carbons (Fsp3) is 0.688. The summed E-state index contributed by atoms with van der Waals surface area (Å²) in [5.41, 5.74) is 4.48. The molecule has 2 aromatic heterocycles. The minimum absolute atomic E-state index is 0.135. The molecule has 9 N–H and O–H groups in total. The van der Waals surface area contributed by atoms with Crippen LogP contribution in [0.15, 0.2) is 11.1 Å². The number of H-pyrrole nitrogens is 1. The quantitative estimate of drug-likeness (QED) is 0.124. The van der Waals surface area contributed by atoms with Crippen molar-refractivity contribution < 1.29 is 72.4 Å². The molecule has 4 heterocycles. The predicted molar refractivity (Wildman–Crippen MR) is 116 cm³/mol. The number of rotatable bonds is 9. The number of nitrogen functional groups attached to an aromatic ring is 1. The molecule has 0 spiro atoms. The van der Waals surface area contributed by atoms with Crippen molar-refractivity contribution >= 4 is 32.8 Å². The number of hydrogen-bond donors (Lipinski definition) is 8. The van der Waals surface area contributed by atoms with E-state index >= 15 is 0 Å². The molecule has 39 heavy (non-hydrogen) atoms. The number of imidazole rings is 1. The van der Waals surface area contributed by atoms with E-state index in [4.69, 9.17) is 20.3 Å². The van der Waals surface area contributed by atoms with Crippen molar-refractivity contribution in [2.24, 2.45) is 0 Å². The number of aromatic amines is 1. The number of aromatic nitrogens is 4. The Hall–Kier alpha value is -1.91. The maximum atomic E-state index is 12.1. The molecule has 23 heteroatoms. The number of hydrogen-bond acceptors (Lipinski definition) is 19. The zero-order valence-electron chi connectivity index (χ0n) is 19.3. The molecular formula is C16H23N5O16P2-2. The lowest BCUT2D eigenvalue weighted by Gasteiger charge is -2.41. The molecule has 2 aliphatic rings. The van der Waals surface area contributed by atoms with Crippen LogP contribution in [0.5, 0.6) is 0 Å². The lowest BCUT2D eigenvalue weighted by molar-refractivity contribution is -0.305. The number of nitrogens with zero attached hydrogens (tertiary/aromatic N) is 3. The predicted octanol–water partition coefficient (Wildman–Crippen LogP) is -5.89. The Bertz CT molecular complexity index is 1340. The van der Waals surface area contributed by atoms with Crippen LogP contribution in [0.3, 0.4) is 0 Å². The Kier molecular flexibility index (Phi) is 8.60. The largest absolute Gasteiger partial charge is 0.756 e. The lowest BCUT2D eigenvalue weighted by atomic mass is 10.00. The van der Waals surface area contributed by atoms with E-state index < -0.39 is 89.7 Å². The van der Waals surface area contributed by atoms with Gasteiger partial charge in [-0.1, -0.05) is 0 Å². The molecule has 21 nitrogen and oxygen atoms in total. The van der Waals surface area contributed by atoms with Crippen LogP contribution in [-0.2, 0) is 32.0 Å². The molecular weight excluding hydrogens is 580 g/mol. The number of aliphatic hydroxyl groups is 6. The third-order valence-electron chi connectivity index (χ3n) is 5.74. The second-order valence-electron chi connectivity index (χ2n) is 8.40. The average Bonchev–Trinajstić information content (AvgIpc) is 3.38. The maximum Gasteiger partial charge on any atom is 0.280 e. The van der Waals surface area contributed by atoms with E-state index in [1.807, 2.05) is 0 Å². The summed E-state index contributed by atoms with van der Waals surface area (Å²) in [4.78, 5) is 46.1. The number of phosphoric acid groups is 2. The number of nitrogens with one attached hydrogen (secondary N) is 1. The first-order valence-electron chi connectivity index (χ1n) is 10.8. The van der Waals surface area contributed by atoms with Gasteiger partial charge < -0.3 is 60.2 Å². The highest BCUT2D eigenvalue weighted by Crippen LogP contribution is 2.57. The zero-order chi connectivity index (χ0) is 28.9. The molecule has 2 saturated heterocycles. The van der Waals surface area contributed by atoms with Crippen molar-refractivity contribution in [3.63, 3.8) is 0 Å². The van der Waals surface area contributed by atoms with E-state index in [1.165, 1.54) is 0 Å². The van der Waals surface area contributed by atoms with Gasteiger partial charge in [0.1, 0.15) is 42.7 Å². The van der Waals surface area contributed by atoms with Gasteiger partial charge in [-0.2, -0.15) is 4.98 Å². The van der Waals surface area contributed by atoms with Crippen LogP contribution in [0.1, 0.15) is 6.23 Å². The van der Waals surface area contributed by atoms with Gasteiger partial charge in [-0.05, 0) is 0 Å². The summed E-state index contributed by atoms with van der Waals surface area (Å²) < 4.78 is 48.1. The summed E-state index contributed by atoms with van der Waals surface area (Å²) in [6.45, 7) is -2.01. The number of anilines is 1. The Morgan fingerprint density at radius 3 is 2.36 bits per heavy atom. The summed E-state index contributed by atoms with van der Waals surface area (Å²) in [5, 5.41) is 59.1. The molecule has 2 unspecified atom stereocenters. The van der Waals surface area contributed by atoms with Crippen LogP contribution in [0, 0.1) is 0 Å². The van der Waals surface area contributed by atoms with Crippen molar-refractivity contribution in [3.8, 4) is 0 Å². The minimum Gasteiger partial charge on any atom is -0.756 e. The second-order valence-corrected chi connectivity index (χ2v) is 11.3. The van der Waals surface area contributed by atoms with Crippen LogP contribution in [0.2, 0.25) is 0 Å². The molecule has 0 saturated carbocycles. The first-order valence-corrected chi connectivity index (χ1v) is 13.8. The van der Waals surface area contributed by atoms with E-state index in [2.05, 4.69) is 28.3 Å². The molecule has 0 radical (unpaired) electrons. The third-order valence-corrected chi connectivity index (χ3v) is 8.27. The molecule has 0 amide bonds. The van der Waals surface area contributed by atoms with Crippen LogP contribution in [0.25, 0.3) is 11.2 Å². The summed E-state index contributed by atoms with van der Waals surface area (Å²) in [5.74, 6) is -0.292. The van der Waals surface area contributed by atoms with Crippen molar-refractivity contribution in [1.29, 1.82) is 0 Å². The molecule has 4 rings (SSSR count). The number of ether oxygens (including phenoxy) is 2. The highest BCUT2D eigenvalue weighted by Gasteiger charge is 2.47. The highest BCUT2D eigenvalue weighted by molar-refractivity contribution is 7.59. The second kappa shape index (κ2) is 11.2. The normalized spacial score (nSPS) is 36.6. The average molecular weight is 603 g/mol. The minimum atomic E-state index is -5.91. The van der Waals surface area contributed by atoms with E-state index in [0.29, 0.717) is 0 Å². The molecule has 2 aromatic rings. The summed E-state index contributed by atoms with van der Waals surface area (Å²) >= 11 is 0. The molecule has 0 aromatic carbocycles. The van der Waals surface area contributed by atoms with E-state index in [1.54, 1.807) is 0 Å². The lowest BCUT2D eigenvalue weighted by Crippen LogP contribution is -2.59. The molecule has 2 fully saturated rings. The first-order chi connectivity index (χ1) is 18.1. The SMILES string of the molecule is Nc1nc2c(ncn2[C@@H]2O[C@H](COP(=O)([O-])OP(=O)([O-])O[C@H]3O[C@H](CO)[C@@H](O)[C@H](O)[C@H]3O)[C@@H](O)[C@H]2O)c(=O)[nH]1. The summed E-state index contributed by atoms with van der Waals surface area (Å²) in [6, 6.07) is 0. The zero-order valence-corrected chi connectivity index (χ0v) is 21.1. The van der Waals surface area contributed by atoms with Crippen molar-refractivity contribution in [2.45, 2.75) is 55.2 Å². The standard InChI is InChI=1S/C16H25N5O16P2/c17-16-19-12-6(13(28)20-16)18-3-21(12)14-10(26)8(24)5(34-14)2-33-38(29,30)37-39(31,32)36-15-11(27)9(25)7(23)4(1-22)35-15/h3-5,7-11,14-15,22-27H,1-2H2,(H,29,30)(H,31,32)(H3,17,19,20,28)/p-2/t4-,5-,7-,8-,9+,10-,11-,14-,15-/m1/s1. The van der Waals surface area contributed by atoms with Gasteiger partial charge in [-0.3, -0.25) is 28.0 Å². The van der Waals surface area contributed by atoms with Gasteiger partial charge in [0.25, 0.3) is 21.2 Å². The van der Waals surface area contributed by atoms with Gasteiger partial charge in [-0.25, -0.2) is 9.29 Å². The monoisotopic (exact) mass is 603 g/mol. The Morgan fingerprint density at radius 1 is 1.03 bits per heavy atom. The smallest absolute Gasteiger partial charge is 0.280 e. The molecule has 0 aliphatic carbocycles. The van der Waals surface area contributed by atoms with Crippen LogP contribution in [-0.4, -0.2) is 112 Å². The van der Waals surface area contributed by atoms with Crippen molar-refractivity contribution in [3.05, 3.63) is 16.7 Å². The Balaban J connectivity index is 1.39. The van der Waals surface area contributed by atoms with Crippen molar-refractivity contribution in [1.82, 2.24) is 19.5 Å². The van der Waals surface area contributed by atoms with Gasteiger partial charge in [0.15, 0.2) is 23.7 Å². The Morgan fingerprint density at radius 2 is 1.69 bits per heavy atom. The van der Waals surface area contributed by atoms with E-state index in [0.717, 1.165) is 10.9 Å². The topological polar surface area (TPSA) is 337 Å². The van der Waals surface area contributed by atoms with Crippen molar-refractivity contribution in [2.75, 3.05) is 18.9 Å². The number of aliphatic hydroxyl groups excluding tert-OH is 6. The summed E-state index contributed by atoms with van der Waals surface area (Å²) in [7, 11) is -11.7. The van der Waals surface area contributed by atoms with E-state index in [-0.39, 0.29) is 17.1 Å². The number of fused-ring (bicyclic) bond motifs is 1. The van der Waals surface area contributed by atoms with Gasteiger partial charge in [0.2, 0.25) is 5.95 Å². The fourth-order valence-corrected chi connectivity index (χ4v) is 5.92. The van der Waals surface area contributed by atoms with Gasteiger partial charge >= 0.3 is 0 Å². The first kappa shape index (κ1) is 30.1. The fourth-order valence-electron chi connectivity index (χ4n) is 3.84. The van der Waals surface area contributed by atoms with Crippen LogP contribution >= 0.6 is 15.6 Å². The number of phosphoric ester groups is 2. The Labute approximate surface area is 216 Å². The van der Waals surface area contributed by atoms with Crippen LogP contribution < -0.4 is 21.1 Å². The molecule has 2 aliphatic heterocycles. The molecule has 0 bridgehead atoms. The van der Waals surface area contributed by atoms with Crippen LogP contribution in [0.4, 0.5) is 5.95 Å². The van der Waals surface area contributed by atoms with Gasteiger partial charge in [-0.15, -0.1) is 0 Å². The third kappa shape index (κ3) is 6.22. The summed E-state index contributed by atoms with van der Waals surface area (Å²) in [6.07, 6.45) is -15.5.